The summed E-state index contributed by atoms with van der Waals surface area (Å²) in [5, 5.41) is 13.4. The van der Waals surface area contributed by atoms with Crippen LogP contribution in [-0.2, 0) is 0 Å². The number of anilines is 2. The van der Waals surface area contributed by atoms with E-state index in [1.165, 1.54) is 24.4 Å². The average Bonchev–Trinajstić information content (AvgIpc) is 2.41. The molecule has 0 atom stereocenters. The highest BCUT2D eigenvalue weighted by atomic mass is 79.9. The van der Waals surface area contributed by atoms with E-state index in [1.807, 2.05) is 0 Å². The number of nitrogen functional groups attached to an aromatic ring is 1. The van der Waals surface area contributed by atoms with Crippen molar-refractivity contribution in [2.24, 2.45) is 0 Å². The van der Waals surface area contributed by atoms with Gasteiger partial charge in [0.25, 0.3) is 11.6 Å². The molecule has 7 nitrogen and oxygen atoms in total. The van der Waals surface area contributed by atoms with Crippen LogP contribution in [0.1, 0.15) is 10.5 Å². The van der Waals surface area contributed by atoms with Crippen molar-refractivity contribution >= 4 is 38.9 Å². The van der Waals surface area contributed by atoms with Crippen LogP contribution in [0.25, 0.3) is 0 Å². The number of nitrogens with two attached hydrogens (primary N) is 1. The van der Waals surface area contributed by atoms with Gasteiger partial charge in [0.2, 0.25) is 0 Å². The third kappa shape index (κ3) is 2.91. The summed E-state index contributed by atoms with van der Waals surface area (Å²) in [5.74, 6) is -0.603. The summed E-state index contributed by atoms with van der Waals surface area (Å²) in [6.45, 7) is 0. The summed E-state index contributed by atoms with van der Waals surface area (Å²) in [7, 11) is 0. The fourth-order valence-electron chi connectivity index (χ4n) is 1.55. The lowest BCUT2D eigenvalue weighted by molar-refractivity contribution is -0.384. The van der Waals surface area contributed by atoms with Gasteiger partial charge >= 0.3 is 0 Å². The third-order valence-electron chi connectivity index (χ3n) is 2.46. The highest BCUT2D eigenvalue weighted by Gasteiger charge is 2.18. The Balaban J connectivity index is 2.33. The number of hydrogen-bond acceptors (Lipinski definition) is 5. The number of nitro benzene ring substituents is 1. The lowest BCUT2D eigenvalue weighted by Crippen LogP contribution is -2.16. The van der Waals surface area contributed by atoms with E-state index >= 15 is 0 Å². The Morgan fingerprint density at radius 3 is 2.80 bits per heavy atom. The number of nitrogens with one attached hydrogen (secondary N) is 1. The van der Waals surface area contributed by atoms with Gasteiger partial charge in [-0.25, -0.2) is 4.98 Å². The van der Waals surface area contributed by atoms with Gasteiger partial charge < -0.3 is 11.1 Å². The van der Waals surface area contributed by atoms with Crippen LogP contribution >= 0.6 is 15.9 Å². The zero-order valence-electron chi connectivity index (χ0n) is 10.0. The number of rotatable bonds is 3. The van der Waals surface area contributed by atoms with Gasteiger partial charge in [0.05, 0.1) is 10.6 Å². The van der Waals surface area contributed by atoms with Gasteiger partial charge in [0.15, 0.2) is 5.69 Å². The number of halogens is 1. The number of carbonyl (C=O) groups excluding carboxylic acids is 1. The maximum atomic E-state index is 12.0. The van der Waals surface area contributed by atoms with Crippen molar-refractivity contribution in [1.82, 2.24) is 4.98 Å². The van der Waals surface area contributed by atoms with Gasteiger partial charge in [0, 0.05) is 16.7 Å². The minimum absolute atomic E-state index is 0.0183. The Labute approximate surface area is 122 Å². The van der Waals surface area contributed by atoms with Gasteiger partial charge in [-0.05, 0) is 24.3 Å². The molecule has 0 fully saturated rings. The van der Waals surface area contributed by atoms with Crippen LogP contribution in [0, 0.1) is 10.1 Å². The molecule has 3 N–H and O–H groups in total. The SMILES string of the molecule is Nc1cccnc1C(=O)Nc1ccc(Br)cc1[N+](=O)[O-]. The zero-order valence-corrected chi connectivity index (χ0v) is 11.6. The van der Waals surface area contributed by atoms with Crippen LogP contribution in [0.15, 0.2) is 41.0 Å². The van der Waals surface area contributed by atoms with Crippen LogP contribution in [-0.4, -0.2) is 15.8 Å². The van der Waals surface area contributed by atoms with Crippen LogP contribution in [0.2, 0.25) is 0 Å². The van der Waals surface area contributed by atoms with Crippen molar-refractivity contribution < 1.29 is 9.72 Å². The second-order valence-corrected chi connectivity index (χ2v) is 4.73. The largest absolute Gasteiger partial charge is 0.397 e. The first kappa shape index (κ1) is 13.9. The van der Waals surface area contributed by atoms with Crippen molar-refractivity contribution in [2.45, 2.75) is 0 Å². The summed E-state index contributed by atoms with van der Waals surface area (Å²) in [4.78, 5) is 26.2. The smallest absolute Gasteiger partial charge is 0.293 e. The van der Waals surface area contributed by atoms with E-state index in [0.717, 1.165) is 0 Å². The lowest BCUT2D eigenvalue weighted by Gasteiger charge is -2.07. The summed E-state index contributed by atoms with van der Waals surface area (Å²) in [6.07, 6.45) is 1.42. The fourth-order valence-corrected chi connectivity index (χ4v) is 1.90. The number of hydrogen-bond donors (Lipinski definition) is 2. The molecule has 1 heterocycles. The van der Waals surface area contributed by atoms with E-state index in [-0.39, 0.29) is 22.8 Å². The van der Waals surface area contributed by atoms with Crippen LogP contribution in [0.5, 0.6) is 0 Å². The van der Waals surface area contributed by atoms with E-state index in [4.69, 9.17) is 5.73 Å². The molecule has 0 unspecified atom stereocenters. The molecule has 0 aliphatic carbocycles. The molecule has 1 amide bonds. The maximum Gasteiger partial charge on any atom is 0.293 e. The minimum atomic E-state index is -0.603. The molecule has 0 aliphatic heterocycles. The molecule has 0 spiro atoms. The van der Waals surface area contributed by atoms with Crippen LogP contribution < -0.4 is 11.1 Å². The number of aromatic nitrogens is 1. The Morgan fingerprint density at radius 1 is 1.40 bits per heavy atom. The molecule has 0 radical (unpaired) electrons. The van der Waals surface area contributed by atoms with Crippen molar-refractivity contribution in [2.75, 3.05) is 11.1 Å². The number of nitro groups is 1. The minimum Gasteiger partial charge on any atom is -0.397 e. The second kappa shape index (κ2) is 5.66. The highest BCUT2D eigenvalue weighted by molar-refractivity contribution is 9.10. The Morgan fingerprint density at radius 2 is 2.15 bits per heavy atom. The Kier molecular flexibility index (Phi) is 3.94. The van der Waals surface area contributed by atoms with E-state index < -0.39 is 10.8 Å². The monoisotopic (exact) mass is 336 g/mol. The summed E-state index contributed by atoms with van der Waals surface area (Å²) in [6, 6.07) is 7.44. The van der Waals surface area contributed by atoms with Gasteiger partial charge in [-0.3, -0.25) is 14.9 Å². The Bertz CT molecular complexity index is 690. The molecular weight excluding hydrogens is 328 g/mol. The first-order chi connectivity index (χ1) is 9.49. The number of nitrogens with zero attached hydrogens (tertiary/aromatic N) is 2. The highest BCUT2D eigenvalue weighted by Crippen LogP contribution is 2.28. The van der Waals surface area contributed by atoms with Crippen molar-refractivity contribution in [3.05, 3.63) is 56.8 Å². The fraction of sp³-hybridized carbons (Fsp3) is 0. The van der Waals surface area contributed by atoms with E-state index in [0.29, 0.717) is 4.47 Å². The number of benzene rings is 1. The maximum absolute atomic E-state index is 12.0. The summed E-state index contributed by atoms with van der Waals surface area (Å²) in [5.41, 5.74) is 5.71. The average molecular weight is 337 g/mol. The molecule has 20 heavy (non-hydrogen) atoms. The van der Waals surface area contributed by atoms with Crippen LogP contribution in [0.4, 0.5) is 17.1 Å². The van der Waals surface area contributed by atoms with Gasteiger partial charge in [-0.15, -0.1) is 0 Å². The summed E-state index contributed by atoms with van der Waals surface area (Å²) < 4.78 is 0.541. The molecule has 8 heteroatoms. The predicted molar refractivity (Wildman–Crippen MR) is 77.4 cm³/mol. The molecule has 0 aliphatic rings. The first-order valence-electron chi connectivity index (χ1n) is 5.45. The van der Waals surface area contributed by atoms with Gasteiger partial charge in [-0.2, -0.15) is 0 Å². The molecule has 102 valence electrons. The quantitative estimate of drug-likeness (QED) is 0.660. The lowest BCUT2D eigenvalue weighted by atomic mass is 10.2. The molecule has 0 saturated heterocycles. The Hall–Kier alpha value is -2.48. The van der Waals surface area contributed by atoms with E-state index in [9.17, 15) is 14.9 Å². The summed E-state index contributed by atoms with van der Waals surface area (Å²) >= 11 is 3.14. The molecular formula is C12H9BrN4O3. The number of carbonyl (C=O) groups is 1. The van der Waals surface area contributed by atoms with Gasteiger partial charge in [0.1, 0.15) is 5.69 Å². The molecule has 2 rings (SSSR count). The van der Waals surface area contributed by atoms with Gasteiger partial charge in [-0.1, -0.05) is 15.9 Å². The molecule has 0 bridgehead atoms. The standard InChI is InChI=1S/C12H9BrN4O3/c13-7-3-4-9(10(6-7)17(19)20)16-12(18)11-8(14)2-1-5-15-11/h1-6H,14H2,(H,16,18). The predicted octanol–water partition coefficient (Wildman–Crippen LogP) is 2.59. The number of amides is 1. The zero-order chi connectivity index (χ0) is 14.7. The van der Waals surface area contributed by atoms with Crippen LogP contribution in [0.3, 0.4) is 0 Å². The second-order valence-electron chi connectivity index (χ2n) is 3.81. The normalized spacial score (nSPS) is 10.1. The van der Waals surface area contributed by atoms with E-state index in [1.54, 1.807) is 12.1 Å². The molecule has 2 aromatic rings. The number of pyridine rings is 1. The first-order valence-corrected chi connectivity index (χ1v) is 6.24. The van der Waals surface area contributed by atoms with Crippen molar-refractivity contribution in [1.29, 1.82) is 0 Å². The van der Waals surface area contributed by atoms with Crippen molar-refractivity contribution in [3.63, 3.8) is 0 Å². The molecule has 0 saturated carbocycles. The topological polar surface area (TPSA) is 111 Å². The van der Waals surface area contributed by atoms with E-state index in [2.05, 4.69) is 26.2 Å². The van der Waals surface area contributed by atoms with Crippen molar-refractivity contribution in [3.8, 4) is 0 Å². The molecule has 1 aromatic carbocycles. The third-order valence-corrected chi connectivity index (χ3v) is 2.95. The molecule has 1 aromatic heterocycles.